The van der Waals surface area contributed by atoms with Crippen LogP contribution in [0.2, 0.25) is 0 Å². The molecule has 0 unspecified atom stereocenters. The molecule has 2 aliphatic heterocycles. The highest BCUT2D eigenvalue weighted by molar-refractivity contribution is 7.16. The number of likely N-dealkylation sites (tertiary alicyclic amines) is 1. The van der Waals surface area contributed by atoms with Gasteiger partial charge in [-0.2, -0.15) is 26.3 Å². The average Bonchev–Trinajstić information content (AvgIpc) is 3.91. The maximum absolute atomic E-state index is 13.3. The molecule has 2 fully saturated rings. The van der Waals surface area contributed by atoms with Crippen LogP contribution in [0.15, 0.2) is 33.8 Å². The predicted molar refractivity (Wildman–Crippen MR) is 207 cm³/mol. The molecule has 0 radical (unpaired) electrons. The number of aliphatic carboxylic acids is 2. The number of aromatic nitrogens is 2. The van der Waals surface area contributed by atoms with E-state index in [4.69, 9.17) is 24.5 Å². The Morgan fingerprint density at radius 3 is 2.20 bits per heavy atom. The molecule has 23 heteroatoms. The highest BCUT2D eigenvalue weighted by Gasteiger charge is 2.42. The Labute approximate surface area is 345 Å². The van der Waals surface area contributed by atoms with Crippen LogP contribution in [0.1, 0.15) is 71.2 Å². The number of halogens is 6. The molecular weight excluding hydrogens is 857 g/mol. The molecule has 6 N–H and O–H groups in total. The van der Waals surface area contributed by atoms with Gasteiger partial charge >= 0.3 is 29.2 Å². The fraction of sp³-hybridized carbons (Fsp3) is 0.528. The number of H-pyrrole nitrogens is 1. The first kappa shape index (κ1) is 47.5. The minimum absolute atomic E-state index is 0.00679. The third kappa shape index (κ3) is 13.4. The zero-order chi connectivity index (χ0) is 43.9. The quantitative estimate of drug-likeness (QED) is 0.0878. The Kier molecular flexibility index (Phi) is 15.7. The normalized spacial score (nSPS) is 16.5. The van der Waals surface area contributed by atoms with Gasteiger partial charge in [-0.3, -0.25) is 14.5 Å². The second-order valence-electron chi connectivity index (χ2n) is 14.7. The predicted octanol–water partition coefficient (Wildman–Crippen LogP) is 5.75. The topological polar surface area (TPSA) is 206 Å². The number of aromatic amines is 1. The number of thiazole rings is 2. The van der Waals surface area contributed by atoms with Crippen LogP contribution in [-0.4, -0.2) is 122 Å². The van der Waals surface area contributed by atoms with E-state index in [9.17, 15) is 46.1 Å². The van der Waals surface area contributed by atoms with E-state index in [1.165, 1.54) is 16.5 Å². The highest BCUT2D eigenvalue weighted by atomic mass is 32.1. The first-order chi connectivity index (χ1) is 27.4. The van der Waals surface area contributed by atoms with Crippen molar-refractivity contribution in [3.05, 3.63) is 65.3 Å². The first-order valence-corrected chi connectivity index (χ1v) is 20.5. The van der Waals surface area contributed by atoms with E-state index in [2.05, 4.69) is 52.4 Å². The smallest absolute Gasteiger partial charge is 0.490 e. The number of piperidine rings is 1. The van der Waals surface area contributed by atoms with Crippen molar-refractivity contribution in [2.75, 3.05) is 45.9 Å². The first-order valence-electron chi connectivity index (χ1n) is 17.9. The Morgan fingerprint density at radius 1 is 1.00 bits per heavy atom. The van der Waals surface area contributed by atoms with E-state index < -0.39 is 30.4 Å². The van der Waals surface area contributed by atoms with Crippen LogP contribution >= 0.6 is 34.0 Å². The van der Waals surface area contributed by atoms with Gasteiger partial charge in [-0.05, 0) is 48.9 Å². The van der Waals surface area contributed by atoms with Crippen molar-refractivity contribution in [3.8, 4) is 5.75 Å². The van der Waals surface area contributed by atoms with Gasteiger partial charge in [0.05, 0.1) is 34.6 Å². The number of nitrogens with one attached hydrogen (secondary N) is 2. The molecule has 0 saturated carbocycles. The molecule has 1 atom stereocenters. The molecule has 3 aromatic heterocycles. The number of phenols is 1. The highest BCUT2D eigenvalue weighted by Crippen LogP contribution is 2.34. The molecule has 2 saturated heterocycles. The number of alkyl halides is 6. The summed E-state index contributed by atoms with van der Waals surface area (Å²) in [5.41, 5.74) is 2.48. The fourth-order valence-corrected chi connectivity index (χ4v) is 8.83. The number of aromatic hydroxyl groups is 1. The van der Waals surface area contributed by atoms with Gasteiger partial charge in [0.15, 0.2) is 0 Å². The summed E-state index contributed by atoms with van der Waals surface area (Å²) in [5.74, 6) is -5.49. The van der Waals surface area contributed by atoms with Crippen molar-refractivity contribution in [1.82, 2.24) is 25.1 Å². The summed E-state index contributed by atoms with van der Waals surface area (Å²) < 4.78 is 70.4. The lowest BCUT2D eigenvalue weighted by molar-refractivity contribution is -0.193. The molecule has 14 nitrogen and oxygen atoms in total. The van der Waals surface area contributed by atoms with E-state index in [1.807, 2.05) is 10.3 Å². The number of nitrogens with zero attached hydrogens (tertiary/aromatic N) is 3. The summed E-state index contributed by atoms with van der Waals surface area (Å²) >= 11 is 4.33. The van der Waals surface area contributed by atoms with Gasteiger partial charge in [0.1, 0.15) is 17.0 Å². The number of carboxylic acid groups (broad SMARTS) is 2. The number of benzene rings is 1. The van der Waals surface area contributed by atoms with Crippen molar-refractivity contribution in [1.29, 1.82) is 0 Å². The molecular formula is C36H43F6N5O9S3. The molecule has 59 heavy (non-hydrogen) atoms. The molecule has 1 amide bonds. The largest absolute Gasteiger partial charge is 0.506 e. The number of aliphatic hydroxyl groups is 1. The molecule has 1 aromatic carbocycles. The number of ether oxygens (including phenoxy) is 1. The van der Waals surface area contributed by atoms with Crippen molar-refractivity contribution in [2.45, 2.75) is 76.1 Å². The molecule has 5 heterocycles. The third-order valence-electron chi connectivity index (χ3n) is 9.12. The Bertz CT molecular complexity index is 2090. The minimum atomic E-state index is -5.08. The Hall–Kier alpha value is -4.13. The molecule has 326 valence electrons. The molecule has 0 aliphatic carbocycles. The molecule has 4 aromatic rings. The fourth-order valence-electron chi connectivity index (χ4n) is 6.06. The van der Waals surface area contributed by atoms with Gasteiger partial charge in [0, 0.05) is 54.0 Å². The van der Waals surface area contributed by atoms with Crippen LogP contribution in [0.4, 0.5) is 26.3 Å². The Balaban J connectivity index is 0.000000471. The van der Waals surface area contributed by atoms with E-state index in [0.717, 1.165) is 61.8 Å². The number of morpholine rings is 1. The van der Waals surface area contributed by atoms with E-state index in [0.29, 0.717) is 47.7 Å². The van der Waals surface area contributed by atoms with E-state index in [1.54, 1.807) is 28.7 Å². The SMILES string of the molecule is CC(C)(C)c1nc(C(=O)N2CCOC3(CCN(Cc4cc(CCNC[C@H](O)c5ccc(O)c6[nH]c(=O)sc56)cs4)CC3)C2)cs1.O=C(O)C(F)(F)F.O=C(O)C(F)(F)F. The second kappa shape index (κ2) is 19.5. The van der Waals surface area contributed by atoms with Gasteiger partial charge in [-0.25, -0.2) is 14.6 Å². The number of fused-ring (bicyclic) bond motifs is 1. The zero-order valence-corrected chi connectivity index (χ0v) is 34.4. The number of amides is 1. The lowest BCUT2D eigenvalue weighted by Crippen LogP contribution is -2.57. The van der Waals surface area contributed by atoms with Crippen molar-refractivity contribution in [3.63, 3.8) is 0 Å². The van der Waals surface area contributed by atoms with Crippen LogP contribution in [0.25, 0.3) is 10.2 Å². The summed E-state index contributed by atoms with van der Waals surface area (Å²) in [7, 11) is 0. The van der Waals surface area contributed by atoms with Crippen LogP contribution in [0.3, 0.4) is 0 Å². The zero-order valence-electron chi connectivity index (χ0n) is 31.9. The van der Waals surface area contributed by atoms with Crippen LogP contribution in [0.5, 0.6) is 5.75 Å². The summed E-state index contributed by atoms with van der Waals surface area (Å²) in [5, 5.41) is 43.4. The van der Waals surface area contributed by atoms with Crippen LogP contribution in [0, 0.1) is 0 Å². The van der Waals surface area contributed by atoms with Crippen LogP contribution in [-0.2, 0) is 32.7 Å². The van der Waals surface area contributed by atoms with Gasteiger partial charge in [-0.15, -0.1) is 22.7 Å². The maximum Gasteiger partial charge on any atom is 0.490 e. The number of carboxylic acids is 2. The number of carbonyl (C=O) groups is 3. The average molecular weight is 900 g/mol. The summed E-state index contributed by atoms with van der Waals surface area (Å²) in [6, 6.07) is 5.44. The van der Waals surface area contributed by atoms with Crippen molar-refractivity contribution < 1.29 is 65.9 Å². The van der Waals surface area contributed by atoms with E-state index in [-0.39, 0.29) is 27.5 Å². The third-order valence-corrected chi connectivity index (χ3v) is 12.3. The summed E-state index contributed by atoms with van der Waals surface area (Å²) in [4.78, 5) is 55.6. The number of aliphatic hydroxyl groups excluding tert-OH is 1. The van der Waals surface area contributed by atoms with Crippen LogP contribution < -0.4 is 10.2 Å². The maximum atomic E-state index is 13.3. The number of hydrogen-bond donors (Lipinski definition) is 6. The van der Waals surface area contributed by atoms with Gasteiger partial charge in [-0.1, -0.05) is 38.2 Å². The number of hydrogen-bond acceptors (Lipinski definition) is 13. The summed E-state index contributed by atoms with van der Waals surface area (Å²) in [6.45, 7) is 12.0. The minimum Gasteiger partial charge on any atom is -0.506 e. The standard InChI is InChI=1S/C32H41N5O5S3.2C2HF3O2/c1-31(2,3)29-34-23(18-44-29)28(40)37-12-13-42-32(19-37)7-10-36(11-8-32)16-21-14-20(17-43-21)6-9-33-15-25(39)22-4-5-24(38)26-27(22)45-30(41)35-26;2*3-2(4,5)1(6)7/h4-5,14,17-18,25,33,38-39H,6-13,15-16,19H2,1-3H3,(H,35,41);2*(H,6,7)/t25-;;/m0../s1. The molecule has 0 bridgehead atoms. The number of carbonyl (C=O) groups excluding carboxylic acids is 1. The van der Waals surface area contributed by atoms with Gasteiger partial charge < -0.3 is 40.4 Å². The van der Waals surface area contributed by atoms with Gasteiger partial charge in [0.2, 0.25) is 0 Å². The molecule has 1 spiro atoms. The van der Waals surface area contributed by atoms with E-state index >= 15 is 0 Å². The van der Waals surface area contributed by atoms with Crippen molar-refractivity contribution in [2.24, 2.45) is 0 Å². The molecule has 2 aliphatic rings. The number of thiophene rings is 1. The Morgan fingerprint density at radius 2 is 1.63 bits per heavy atom. The second-order valence-corrected chi connectivity index (χ2v) is 17.5. The lowest BCUT2D eigenvalue weighted by Gasteiger charge is -2.47. The molecule has 6 rings (SSSR count). The number of rotatable bonds is 9. The van der Waals surface area contributed by atoms with Crippen molar-refractivity contribution >= 4 is 62.1 Å². The lowest BCUT2D eigenvalue weighted by atomic mass is 9.89. The monoisotopic (exact) mass is 899 g/mol. The number of phenolic OH excluding ortho intramolecular Hbond substituents is 1. The summed E-state index contributed by atoms with van der Waals surface area (Å²) in [6.07, 6.45) is -8.30. The van der Waals surface area contributed by atoms with Gasteiger partial charge in [0.25, 0.3) is 5.91 Å².